The highest BCUT2D eigenvalue weighted by atomic mass is 19.1. The third-order valence-electron chi connectivity index (χ3n) is 3.73. The third kappa shape index (κ3) is 3.86. The van der Waals surface area contributed by atoms with Crippen molar-refractivity contribution >= 4 is 0 Å². The van der Waals surface area contributed by atoms with E-state index < -0.39 is 0 Å². The number of rotatable bonds is 5. The summed E-state index contributed by atoms with van der Waals surface area (Å²) in [6.45, 7) is 2.01. The van der Waals surface area contributed by atoms with Crippen LogP contribution in [0.2, 0.25) is 0 Å². The zero-order valence-electron chi connectivity index (χ0n) is 12.6. The quantitative estimate of drug-likeness (QED) is 0.863. The van der Waals surface area contributed by atoms with E-state index in [1.807, 2.05) is 12.1 Å². The zero-order valence-corrected chi connectivity index (χ0v) is 12.6. The molecule has 5 heteroatoms. The van der Waals surface area contributed by atoms with Crippen LogP contribution in [-0.4, -0.2) is 13.3 Å². The predicted octanol–water partition coefficient (Wildman–Crippen LogP) is 2.90. The first kappa shape index (κ1) is 15.5. The molecule has 3 rings (SSSR count). The minimum absolute atomic E-state index is 0.213. The van der Waals surface area contributed by atoms with Crippen LogP contribution in [-0.2, 0) is 24.3 Å². The molecule has 4 nitrogen and oxygen atoms in total. The van der Waals surface area contributed by atoms with Gasteiger partial charge in [0.1, 0.15) is 11.6 Å². The molecule has 0 amide bonds. The summed E-state index contributed by atoms with van der Waals surface area (Å²) in [5, 5.41) is 12.1. The van der Waals surface area contributed by atoms with Crippen LogP contribution >= 0.6 is 0 Å². The lowest BCUT2D eigenvalue weighted by Gasteiger charge is -2.21. The first-order chi connectivity index (χ1) is 11.3. The first-order valence-electron chi connectivity index (χ1n) is 7.48. The fourth-order valence-electron chi connectivity index (χ4n) is 2.60. The van der Waals surface area contributed by atoms with E-state index in [1.54, 1.807) is 12.1 Å². The van der Waals surface area contributed by atoms with Crippen molar-refractivity contribution in [1.82, 2.24) is 5.32 Å². The monoisotopic (exact) mass is 312 g/mol. The Bertz CT molecular complexity index is 723. The molecule has 0 saturated carbocycles. The van der Waals surface area contributed by atoms with Crippen LogP contribution in [0.5, 0.6) is 5.75 Å². The van der Waals surface area contributed by atoms with Gasteiger partial charge in [0.2, 0.25) is 0 Å². The van der Waals surface area contributed by atoms with Gasteiger partial charge in [-0.25, -0.2) is 4.39 Å². The maximum absolute atomic E-state index is 13.6. The average Bonchev–Trinajstić information content (AvgIpc) is 2.59. The second-order valence-corrected chi connectivity index (χ2v) is 5.40. The van der Waals surface area contributed by atoms with E-state index in [0.717, 1.165) is 22.4 Å². The maximum Gasteiger partial charge on any atom is 0.189 e. The number of fused-ring (bicyclic) bond motifs is 1. The molecule has 118 valence electrons. The topological polar surface area (TPSA) is 54.3 Å². The lowest BCUT2D eigenvalue weighted by Crippen LogP contribution is -2.19. The predicted molar refractivity (Wildman–Crippen MR) is 83.3 cm³/mol. The van der Waals surface area contributed by atoms with Crippen molar-refractivity contribution in [3.8, 4) is 11.8 Å². The normalized spacial score (nSPS) is 13.0. The first-order valence-corrected chi connectivity index (χ1v) is 7.48. The van der Waals surface area contributed by atoms with E-state index in [0.29, 0.717) is 31.7 Å². The smallest absolute Gasteiger partial charge is 0.189 e. The molecule has 1 heterocycles. The Morgan fingerprint density at radius 2 is 2.04 bits per heavy atom. The van der Waals surface area contributed by atoms with Gasteiger partial charge in [-0.15, -0.1) is 0 Å². The average molecular weight is 312 g/mol. The van der Waals surface area contributed by atoms with Gasteiger partial charge in [-0.1, -0.05) is 12.1 Å². The molecule has 1 aliphatic rings. The molecule has 0 atom stereocenters. The molecule has 0 bridgehead atoms. The Hall–Kier alpha value is -2.42. The van der Waals surface area contributed by atoms with Gasteiger partial charge in [-0.05, 0) is 48.4 Å². The van der Waals surface area contributed by atoms with Crippen molar-refractivity contribution in [3.05, 3.63) is 64.5 Å². The van der Waals surface area contributed by atoms with Crippen LogP contribution in [0.1, 0.15) is 22.3 Å². The number of nitrogens with zero attached hydrogens (tertiary/aromatic N) is 1. The van der Waals surface area contributed by atoms with E-state index in [2.05, 4.69) is 11.4 Å². The Morgan fingerprint density at radius 1 is 1.22 bits per heavy atom. The standard InChI is InChI=1S/C18H17FN2O2/c19-17-7-15(18-16(8-17)11-22-12-23-18)5-6-21-10-14-3-1-13(9-20)2-4-14/h1-4,7-8,21H,5-6,10-12H2. The second kappa shape index (κ2) is 7.23. The minimum atomic E-state index is -0.264. The van der Waals surface area contributed by atoms with Crippen molar-refractivity contribution in [2.24, 2.45) is 0 Å². The van der Waals surface area contributed by atoms with Gasteiger partial charge < -0.3 is 14.8 Å². The number of hydrogen-bond donors (Lipinski definition) is 1. The van der Waals surface area contributed by atoms with Crippen molar-refractivity contribution in [3.63, 3.8) is 0 Å². The summed E-state index contributed by atoms with van der Waals surface area (Å²) in [6.07, 6.45) is 0.677. The number of benzene rings is 2. The summed E-state index contributed by atoms with van der Waals surface area (Å²) in [5.41, 5.74) is 3.38. The second-order valence-electron chi connectivity index (χ2n) is 5.40. The minimum Gasteiger partial charge on any atom is -0.467 e. The van der Waals surface area contributed by atoms with E-state index in [9.17, 15) is 4.39 Å². The highest BCUT2D eigenvalue weighted by molar-refractivity contribution is 5.42. The SMILES string of the molecule is N#Cc1ccc(CNCCc2cc(F)cc3c2OCOC3)cc1. The van der Waals surface area contributed by atoms with Crippen LogP contribution in [0.15, 0.2) is 36.4 Å². The third-order valence-corrected chi connectivity index (χ3v) is 3.73. The lowest BCUT2D eigenvalue weighted by molar-refractivity contribution is -0.0172. The Labute approximate surface area is 134 Å². The molecular weight excluding hydrogens is 295 g/mol. The molecule has 0 unspecified atom stereocenters. The van der Waals surface area contributed by atoms with Crippen LogP contribution in [0.25, 0.3) is 0 Å². The molecule has 2 aromatic rings. The van der Waals surface area contributed by atoms with E-state index in [1.165, 1.54) is 12.1 Å². The molecule has 0 radical (unpaired) electrons. The van der Waals surface area contributed by atoms with Gasteiger partial charge in [0, 0.05) is 12.1 Å². The van der Waals surface area contributed by atoms with Gasteiger partial charge in [0.15, 0.2) is 6.79 Å². The summed E-state index contributed by atoms with van der Waals surface area (Å²) in [6, 6.07) is 12.5. The van der Waals surface area contributed by atoms with Crippen molar-refractivity contribution in [2.45, 2.75) is 19.6 Å². The molecule has 23 heavy (non-hydrogen) atoms. The molecule has 2 aromatic carbocycles. The molecule has 0 fully saturated rings. The Kier molecular flexibility index (Phi) is 4.86. The molecule has 1 aliphatic heterocycles. The summed E-state index contributed by atoms with van der Waals surface area (Å²) in [4.78, 5) is 0. The van der Waals surface area contributed by atoms with Crippen LogP contribution in [0, 0.1) is 17.1 Å². The highest BCUT2D eigenvalue weighted by Crippen LogP contribution is 2.29. The lowest BCUT2D eigenvalue weighted by atomic mass is 10.1. The van der Waals surface area contributed by atoms with Crippen LogP contribution in [0.3, 0.4) is 0 Å². The molecule has 0 spiro atoms. The number of hydrogen-bond acceptors (Lipinski definition) is 4. The van der Waals surface area contributed by atoms with Crippen molar-refractivity contribution in [1.29, 1.82) is 5.26 Å². The van der Waals surface area contributed by atoms with E-state index in [-0.39, 0.29) is 12.6 Å². The largest absolute Gasteiger partial charge is 0.467 e. The zero-order chi connectivity index (χ0) is 16.1. The summed E-state index contributed by atoms with van der Waals surface area (Å²) in [7, 11) is 0. The number of ether oxygens (including phenoxy) is 2. The molecule has 0 aliphatic carbocycles. The number of nitrogens with one attached hydrogen (secondary N) is 1. The number of nitriles is 1. The Morgan fingerprint density at radius 3 is 2.83 bits per heavy atom. The summed E-state index contributed by atoms with van der Waals surface area (Å²) < 4.78 is 24.3. The van der Waals surface area contributed by atoms with Gasteiger partial charge >= 0.3 is 0 Å². The molecular formula is C18H17FN2O2. The number of halogens is 1. The van der Waals surface area contributed by atoms with Gasteiger partial charge in [-0.2, -0.15) is 5.26 Å². The van der Waals surface area contributed by atoms with Crippen molar-refractivity contribution < 1.29 is 13.9 Å². The highest BCUT2D eigenvalue weighted by Gasteiger charge is 2.16. The van der Waals surface area contributed by atoms with E-state index in [4.69, 9.17) is 14.7 Å². The molecule has 0 aromatic heterocycles. The van der Waals surface area contributed by atoms with Gasteiger partial charge in [0.05, 0.1) is 18.2 Å². The Balaban J connectivity index is 1.56. The van der Waals surface area contributed by atoms with Crippen LogP contribution < -0.4 is 10.1 Å². The van der Waals surface area contributed by atoms with Crippen LogP contribution in [0.4, 0.5) is 4.39 Å². The molecule has 0 saturated heterocycles. The van der Waals surface area contributed by atoms with Crippen molar-refractivity contribution in [2.75, 3.05) is 13.3 Å². The van der Waals surface area contributed by atoms with Gasteiger partial charge in [-0.3, -0.25) is 0 Å². The summed E-state index contributed by atoms with van der Waals surface area (Å²) >= 11 is 0. The fourth-order valence-corrected chi connectivity index (χ4v) is 2.60. The van der Waals surface area contributed by atoms with Gasteiger partial charge in [0.25, 0.3) is 0 Å². The summed E-state index contributed by atoms with van der Waals surface area (Å²) in [5.74, 6) is 0.484. The van der Waals surface area contributed by atoms with E-state index >= 15 is 0 Å². The maximum atomic E-state index is 13.6. The fraction of sp³-hybridized carbons (Fsp3) is 0.278. The molecule has 1 N–H and O–H groups in total.